The lowest BCUT2D eigenvalue weighted by Gasteiger charge is -2.33. The Kier molecular flexibility index (Phi) is 5.60. The zero-order valence-electron chi connectivity index (χ0n) is 18.3. The van der Waals surface area contributed by atoms with Gasteiger partial charge in [-0.2, -0.15) is 0 Å². The van der Waals surface area contributed by atoms with Crippen molar-refractivity contribution < 1.29 is 18.7 Å². The average molecular weight is 444 g/mol. The summed E-state index contributed by atoms with van der Waals surface area (Å²) in [6.45, 7) is 0.0331. The van der Waals surface area contributed by atoms with Crippen LogP contribution in [0.4, 0.5) is 17.1 Å². The topological polar surface area (TPSA) is 83.8 Å². The zero-order chi connectivity index (χ0) is 22.8. The monoisotopic (exact) mass is 443 g/mol. The van der Waals surface area contributed by atoms with Crippen molar-refractivity contribution >= 4 is 28.8 Å². The van der Waals surface area contributed by atoms with Crippen LogP contribution < -0.4 is 20.3 Å². The van der Waals surface area contributed by atoms with Gasteiger partial charge in [0.15, 0.2) is 5.78 Å². The quantitative estimate of drug-likeness (QED) is 0.583. The highest BCUT2D eigenvalue weighted by Gasteiger charge is 2.38. The van der Waals surface area contributed by atoms with Crippen molar-refractivity contribution in [1.29, 1.82) is 0 Å². The molecule has 7 nitrogen and oxygen atoms in total. The molecule has 0 saturated carbocycles. The Morgan fingerprint density at radius 1 is 1.15 bits per heavy atom. The predicted molar refractivity (Wildman–Crippen MR) is 126 cm³/mol. The van der Waals surface area contributed by atoms with E-state index in [-0.39, 0.29) is 18.2 Å². The van der Waals surface area contributed by atoms with Crippen molar-refractivity contribution in [1.82, 2.24) is 0 Å². The smallest absolute Gasteiger partial charge is 0.243 e. The summed E-state index contributed by atoms with van der Waals surface area (Å²) in [6, 6.07) is 18.2. The molecule has 5 rings (SSSR count). The van der Waals surface area contributed by atoms with Gasteiger partial charge in [-0.05, 0) is 49.2 Å². The Bertz CT molecular complexity index is 1220. The van der Waals surface area contributed by atoms with E-state index in [0.717, 1.165) is 29.9 Å². The van der Waals surface area contributed by atoms with Crippen LogP contribution in [0.1, 0.15) is 31.1 Å². The second-order valence-corrected chi connectivity index (χ2v) is 8.14. The normalized spacial score (nSPS) is 17.5. The average Bonchev–Trinajstić information content (AvgIpc) is 3.31. The summed E-state index contributed by atoms with van der Waals surface area (Å²) in [6.07, 6.45) is 3.66. The van der Waals surface area contributed by atoms with Crippen molar-refractivity contribution in [2.45, 2.75) is 25.3 Å². The van der Waals surface area contributed by atoms with Crippen LogP contribution >= 0.6 is 0 Å². The molecule has 2 aliphatic rings. The number of benzene rings is 2. The van der Waals surface area contributed by atoms with Crippen LogP contribution in [0.3, 0.4) is 0 Å². The van der Waals surface area contributed by atoms with Crippen molar-refractivity contribution in [2.75, 3.05) is 29.2 Å². The second kappa shape index (κ2) is 8.86. The van der Waals surface area contributed by atoms with E-state index >= 15 is 0 Å². The maximum atomic E-state index is 13.2. The third-order valence-corrected chi connectivity index (χ3v) is 6.02. The molecule has 0 saturated heterocycles. The van der Waals surface area contributed by atoms with Gasteiger partial charge in [-0.15, -0.1) is 0 Å². The number of anilines is 3. The van der Waals surface area contributed by atoms with Crippen molar-refractivity contribution in [3.05, 3.63) is 84.0 Å². The van der Waals surface area contributed by atoms with E-state index in [9.17, 15) is 9.59 Å². The molecule has 1 aliphatic heterocycles. The molecular formula is C26H25N3O4. The van der Waals surface area contributed by atoms with E-state index in [2.05, 4.69) is 10.6 Å². The fourth-order valence-electron chi connectivity index (χ4n) is 4.57. The molecule has 0 fully saturated rings. The Morgan fingerprint density at radius 3 is 2.85 bits per heavy atom. The number of nitrogens with zero attached hydrogens (tertiary/aromatic N) is 1. The van der Waals surface area contributed by atoms with Gasteiger partial charge in [-0.25, -0.2) is 0 Å². The molecule has 1 atom stereocenters. The third kappa shape index (κ3) is 4.09. The van der Waals surface area contributed by atoms with Gasteiger partial charge in [0.1, 0.15) is 17.6 Å². The van der Waals surface area contributed by atoms with E-state index in [0.29, 0.717) is 29.2 Å². The van der Waals surface area contributed by atoms with E-state index in [4.69, 9.17) is 9.15 Å². The predicted octanol–water partition coefficient (Wildman–Crippen LogP) is 4.91. The maximum absolute atomic E-state index is 13.2. The number of furan rings is 1. The molecule has 2 heterocycles. The molecule has 2 aromatic carbocycles. The number of ether oxygens (including phenoxy) is 1. The fourth-order valence-corrected chi connectivity index (χ4v) is 4.57. The molecule has 0 bridgehead atoms. The molecule has 1 aromatic heterocycles. The summed E-state index contributed by atoms with van der Waals surface area (Å²) in [4.78, 5) is 28.3. The van der Waals surface area contributed by atoms with Gasteiger partial charge < -0.3 is 24.7 Å². The Balaban J connectivity index is 1.56. The second-order valence-electron chi connectivity index (χ2n) is 8.14. The van der Waals surface area contributed by atoms with Crippen LogP contribution in [0, 0.1) is 0 Å². The molecular weight excluding hydrogens is 418 g/mol. The van der Waals surface area contributed by atoms with Crippen molar-refractivity contribution in [3.8, 4) is 5.75 Å². The first-order valence-electron chi connectivity index (χ1n) is 11.0. The number of hydrogen-bond acceptors (Lipinski definition) is 6. The molecule has 7 heteroatoms. The highest BCUT2D eigenvalue weighted by atomic mass is 16.5. The van der Waals surface area contributed by atoms with Crippen molar-refractivity contribution in [3.63, 3.8) is 0 Å². The molecule has 1 aliphatic carbocycles. The lowest BCUT2D eigenvalue weighted by Crippen LogP contribution is -2.38. The number of allylic oxidation sites excluding steroid dienone is 1. The Morgan fingerprint density at radius 2 is 2.03 bits per heavy atom. The minimum absolute atomic E-state index is 0.0331. The van der Waals surface area contributed by atoms with E-state index in [1.807, 2.05) is 59.5 Å². The molecule has 1 amide bonds. The minimum atomic E-state index is -0.505. The highest BCUT2D eigenvalue weighted by Crippen LogP contribution is 2.44. The molecule has 168 valence electrons. The number of rotatable bonds is 5. The highest BCUT2D eigenvalue weighted by molar-refractivity contribution is 6.02. The number of amides is 1. The molecule has 3 aromatic rings. The first-order valence-corrected chi connectivity index (χ1v) is 11.0. The fraction of sp³-hybridized carbons (Fsp3) is 0.231. The number of carbonyl (C=O) groups is 2. The SMILES string of the molecule is COc1cccc(NC(=O)CN2c3ccccc3NC3=C(C(=O)CCC3)C2c2ccco2)c1. The summed E-state index contributed by atoms with van der Waals surface area (Å²) in [5.41, 5.74) is 3.91. The van der Waals surface area contributed by atoms with Crippen LogP contribution in [0.25, 0.3) is 0 Å². The number of Topliss-reactive ketones (excluding diaryl/α,β-unsaturated/α-hetero) is 1. The summed E-state index contributed by atoms with van der Waals surface area (Å²) in [5.74, 6) is 1.16. The van der Waals surface area contributed by atoms with Gasteiger partial charge in [0.05, 0.1) is 31.3 Å². The standard InChI is InChI=1S/C26H25N3O4/c1-32-18-8-4-7-17(15-18)27-24(31)16-29-21-11-3-2-9-19(21)28-20-10-5-12-22(30)25(20)26(29)23-13-6-14-33-23/h2-4,6-9,11,13-15,26,28H,5,10,12,16H2,1H3,(H,27,31). The van der Waals surface area contributed by atoms with Gasteiger partial charge in [-0.1, -0.05) is 18.2 Å². The summed E-state index contributed by atoms with van der Waals surface area (Å²) in [5, 5.41) is 6.43. The van der Waals surface area contributed by atoms with Crippen LogP contribution in [-0.4, -0.2) is 25.3 Å². The number of carbonyl (C=O) groups excluding carboxylic acids is 2. The number of nitrogens with one attached hydrogen (secondary N) is 2. The molecule has 33 heavy (non-hydrogen) atoms. The van der Waals surface area contributed by atoms with Gasteiger partial charge in [0.25, 0.3) is 0 Å². The van der Waals surface area contributed by atoms with Gasteiger partial charge in [0.2, 0.25) is 5.91 Å². The van der Waals surface area contributed by atoms with Crippen LogP contribution in [0.15, 0.2) is 82.6 Å². The minimum Gasteiger partial charge on any atom is -0.497 e. The van der Waals surface area contributed by atoms with Crippen molar-refractivity contribution in [2.24, 2.45) is 0 Å². The first kappa shape index (κ1) is 20.9. The van der Waals surface area contributed by atoms with Crippen LogP contribution in [0.5, 0.6) is 5.75 Å². The van der Waals surface area contributed by atoms with Gasteiger partial charge >= 0.3 is 0 Å². The number of ketones is 1. The van der Waals surface area contributed by atoms with Crippen LogP contribution in [-0.2, 0) is 9.59 Å². The summed E-state index contributed by atoms with van der Waals surface area (Å²) in [7, 11) is 1.59. The van der Waals surface area contributed by atoms with Crippen LogP contribution in [0.2, 0.25) is 0 Å². The number of fused-ring (bicyclic) bond motifs is 1. The molecule has 2 N–H and O–H groups in total. The number of para-hydroxylation sites is 2. The largest absolute Gasteiger partial charge is 0.497 e. The summed E-state index contributed by atoms with van der Waals surface area (Å²) >= 11 is 0. The van der Waals surface area contributed by atoms with E-state index in [1.54, 1.807) is 19.4 Å². The first-order chi connectivity index (χ1) is 16.1. The van der Waals surface area contributed by atoms with E-state index in [1.165, 1.54) is 0 Å². The molecule has 0 radical (unpaired) electrons. The van der Waals surface area contributed by atoms with E-state index < -0.39 is 6.04 Å². The Labute approximate surface area is 192 Å². The number of methoxy groups -OCH3 is 1. The summed E-state index contributed by atoms with van der Waals surface area (Å²) < 4.78 is 11.1. The maximum Gasteiger partial charge on any atom is 0.243 e. The van der Waals surface area contributed by atoms with Gasteiger partial charge in [-0.3, -0.25) is 9.59 Å². The molecule has 1 unspecified atom stereocenters. The Hall–Kier alpha value is -4.00. The number of hydrogen-bond donors (Lipinski definition) is 2. The molecule has 0 spiro atoms. The van der Waals surface area contributed by atoms with Gasteiger partial charge in [0, 0.05) is 29.4 Å². The third-order valence-electron chi connectivity index (χ3n) is 6.02. The zero-order valence-corrected chi connectivity index (χ0v) is 18.3. The lowest BCUT2D eigenvalue weighted by atomic mass is 9.88. The lowest BCUT2D eigenvalue weighted by molar-refractivity contribution is -0.117.